The standard InChI is InChI=1S/C43H47N3O6/c1-29-40(27-46(2)26-39(49)37-12-7-13-38(48)23-37)51-42(52-41(29)34-16-14-31(28-47)15-17-34)35-20-18-33(19-21-35)36-11-6-10-32(22-36)25-45-43(50)44-24-30-8-4-3-5-9-30/h3-23,29,39-42,47-49H,24-28H2,1-2H3,(H2,44,45,50)/t29-,39+,40+,41+,42+/m0/s1. The maximum Gasteiger partial charge on any atom is 0.315 e. The third-order valence-corrected chi connectivity index (χ3v) is 9.55. The highest BCUT2D eigenvalue weighted by Gasteiger charge is 2.39. The highest BCUT2D eigenvalue weighted by Crippen LogP contribution is 2.42. The molecular formula is C43H47N3O6. The Hall–Kier alpha value is -5.03. The van der Waals surface area contributed by atoms with Crippen molar-refractivity contribution in [2.24, 2.45) is 5.92 Å². The van der Waals surface area contributed by atoms with Gasteiger partial charge in [0.25, 0.3) is 0 Å². The number of hydrogen-bond acceptors (Lipinski definition) is 7. The molecule has 9 nitrogen and oxygen atoms in total. The van der Waals surface area contributed by atoms with Crippen LogP contribution in [0.25, 0.3) is 11.1 Å². The molecule has 0 unspecified atom stereocenters. The first kappa shape index (κ1) is 36.8. The fourth-order valence-electron chi connectivity index (χ4n) is 6.56. The molecule has 0 bridgehead atoms. The maximum atomic E-state index is 12.4. The third-order valence-electron chi connectivity index (χ3n) is 9.55. The number of aromatic hydroxyl groups is 1. The van der Waals surface area contributed by atoms with Gasteiger partial charge in [0.15, 0.2) is 6.29 Å². The summed E-state index contributed by atoms with van der Waals surface area (Å²) in [6.07, 6.45) is -1.90. The first-order chi connectivity index (χ1) is 25.2. The zero-order valence-corrected chi connectivity index (χ0v) is 29.6. The van der Waals surface area contributed by atoms with Crippen LogP contribution in [-0.2, 0) is 29.2 Å². The van der Waals surface area contributed by atoms with E-state index in [4.69, 9.17) is 9.47 Å². The van der Waals surface area contributed by atoms with Gasteiger partial charge in [0.2, 0.25) is 0 Å². The van der Waals surface area contributed by atoms with E-state index in [-0.39, 0.29) is 36.5 Å². The van der Waals surface area contributed by atoms with Gasteiger partial charge in [-0.3, -0.25) is 0 Å². The maximum absolute atomic E-state index is 12.4. The van der Waals surface area contributed by atoms with Crippen molar-refractivity contribution < 1.29 is 29.6 Å². The van der Waals surface area contributed by atoms with E-state index in [2.05, 4.69) is 35.8 Å². The summed E-state index contributed by atoms with van der Waals surface area (Å²) in [6, 6.07) is 40.4. The number of carbonyl (C=O) groups excluding carboxylic acids is 1. The smallest absolute Gasteiger partial charge is 0.315 e. The number of nitrogens with zero attached hydrogens (tertiary/aromatic N) is 1. The molecule has 0 radical (unpaired) electrons. The largest absolute Gasteiger partial charge is 0.508 e. The predicted molar refractivity (Wildman–Crippen MR) is 201 cm³/mol. The van der Waals surface area contributed by atoms with Crippen molar-refractivity contribution in [3.05, 3.63) is 161 Å². The van der Waals surface area contributed by atoms with Gasteiger partial charge in [-0.15, -0.1) is 0 Å². The van der Waals surface area contributed by atoms with Crippen molar-refractivity contribution in [2.75, 3.05) is 20.1 Å². The predicted octanol–water partition coefficient (Wildman–Crippen LogP) is 7.01. The molecule has 6 rings (SSSR count). The fraction of sp³-hybridized carbons (Fsp3) is 0.279. The summed E-state index contributed by atoms with van der Waals surface area (Å²) in [5.74, 6) is 0.0982. The van der Waals surface area contributed by atoms with E-state index in [0.717, 1.165) is 38.9 Å². The Morgan fingerprint density at radius 1 is 0.750 bits per heavy atom. The molecule has 270 valence electrons. The Morgan fingerprint density at radius 3 is 2.13 bits per heavy atom. The summed E-state index contributed by atoms with van der Waals surface area (Å²) >= 11 is 0. The van der Waals surface area contributed by atoms with E-state index in [1.165, 1.54) is 0 Å². The SMILES string of the molecule is C[C@H]1[C@@H](CN(C)C[C@@H](O)c2cccc(O)c2)O[C@@H](c2ccc(-c3cccc(CNC(=O)NCc4ccccc4)c3)cc2)O[C@H]1c1ccc(CO)cc1. The molecule has 1 aliphatic heterocycles. The molecule has 0 aromatic heterocycles. The molecule has 0 aliphatic carbocycles. The number of aliphatic hydroxyl groups is 2. The van der Waals surface area contributed by atoms with Gasteiger partial charge in [0.1, 0.15) is 5.75 Å². The van der Waals surface area contributed by atoms with Crippen molar-refractivity contribution in [1.29, 1.82) is 0 Å². The summed E-state index contributed by atoms with van der Waals surface area (Å²) in [4.78, 5) is 14.5. The van der Waals surface area contributed by atoms with Gasteiger partial charge in [-0.05, 0) is 64.2 Å². The van der Waals surface area contributed by atoms with Gasteiger partial charge in [-0.1, -0.05) is 116 Å². The summed E-state index contributed by atoms with van der Waals surface area (Å²) in [6.45, 7) is 3.85. The molecule has 5 atom stereocenters. The van der Waals surface area contributed by atoms with Crippen LogP contribution in [-0.4, -0.2) is 52.5 Å². The van der Waals surface area contributed by atoms with E-state index in [9.17, 15) is 20.1 Å². The van der Waals surface area contributed by atoms with E-state index < -0.39 is 12.4 Å². The van der Waals surface area contributed by atoms with Crippen molar-refractivity contribution in [2.45, 2.75) is 51.2 Å². The summed E-state index contributed by atoms with van der Waals surface area (Å²) < 4.78 is 13.3. The lowest BCUT2D eigenvalue weighted by Gasteiger charge is -2.42. The molecule has 0 saturated carbocycles. The van der Waals surface area contributed by atoms with Crippen LogP contribution in [0.4, 0.5) is 4.79 Å². The molecule has 1 heterocycles. The van der Waals surface area contributed by atoms with Crippen LogP contribution in [0, 0.1) is 5.92 Å². The number of aliphatic hydroxyl groups excluding tert-OH is 2. The minimum atomic E-state index is -0.775. The number of amides is 2. The van der Waals surface area contributed by atoms with E-state index in [1.807, 2.05) is 96.9 Å². The second-order valence-electron chi connectivity index (χ2n) is 13.5. The van der Waals surface area contributed by atoms with Gasteiger partial charge in [0.05, 0.1) is 24.9 Å². The van der Waals surface area contributed by atoms with Crippen LogP contribution in [0.3, 0.4) is 0 Å². The number of phenols is 1. The normalized spacial score (nSPS) is 19.2. The highest BCUT2D eigenvalue weighted by molar-refractivity contribution is 5.74. The van der Waals surface area contributed by atoms with Crippen molar-refractivity contribution in [1.82, 2.24) is 15.5 Å². The van der Waals surface area contributed by atoms with Crippen LogP contribution < -0.4 is 10.6 Å². The zero-order chi connectivity index (χ0) is 36.5. The first-order valence-electron chi connectivity index (χ1n) is 17.7. The van der Waals surface area contributed by atoms with Crippen molar-refractivity contribution in [3.63, 3.8) is 0 Å². The lowest BCUT2D eigenvalue weighted by molar-refractivity contribution is -0.276. The number of urea groups is 1. The third kappa shape index (κ3) is 9.64. The molecule has 52 heavy (non-hydrogen) atoms. The molecule has 1 fully saturated rings. The monoisotopic (exact) mass is 701 g/mol. The number of carbonyl (C=O) groups is 1. The van der Waals surface area contributed by atoms with E-state index in [1.54, 1.807) is 24.3 Å². The Balaban J connectivity index is 1.13. The van der Waals surface area contributed by atoms with E-state index in [0.29, 0.717) is 31.7 Å². The zero-order valence-electron chi connectivity index (χ0n) is 29.6. The summed E-state index contributed by atoms with van der Waals surface area (Å²) in [5, 5.41) is 36.3. The lowest BCUT2D eigenvalue weighted by Crippen LogP contribution is -2.44. The van der Waals surface area contributed by atoms with Crippen LogP contribution in [0.2, 0.25) is 0 Å². The molecule has 9 heteroatoms. The Bertz CT molecular complexity index is 1890. The molecule has 5 aromatic carbocycles. The number of benzene rings is 5. The second-order valence-corrected chi connectivity index (χ2v) is 13.5. The van der Waals surface area contributed by atoms with Gasteiger partial charge >= 0.3 is 6.03 Å². The Kier molecular flexibility index (Phi) is 12.3. The molecule has 2 amide bonds. The van der Waals surface area contributed by atoms with Crippen LogP contribution in [0.5, 0.6) is 5.75 Å². The number of rotatable bonds is 13. The highest BCUT2D eigenvalue weighted by atomic mass is 16.7. The van der Waals surface area contributed by atoms with Gasteiger partial charge in [-0.2, -0.15) is 0 Å². The molecule has 5 aromatic rings. The van der Waals surface area contributed by atoms with Crippen LogP contribution in [0.15, 0.2) is 127 Å². The van der Waals surface area contributed by atoms with Gasteiger partial charge < -0.3 is 40.3 Å². The summed E-state index contributed by atoms with van der Waals surface area (Å²) in [7, 11) is 1.95. The van der Waals surface area contributed by atoms with Gasteiger partial charge in [-0.25, -0.2) is 4.79 Å². The topological polar surface area (TPSA) is 124 Å². The fourth-order valence-corrected chi connectivity index (χ4v) is 6.56. The van der Waals surface area contributed by atoms with Crippen LogP contribution in [0.1, 0.15) is 58.8 Å². The lowest BCUT2D eigenvalue weighted by atomic mass is 9.90. The second kappa shape index (κ2) is 17.5. The Morgan fingerprint density at radius 2 is 1.42 bits per heavy atom. The average molecular weight is 702 g/mol. The number of nitrogens with one attached hydrogen (secondary N) is 2. The molecule has 0 spiro atoms. The number of hydrogen-bond donors (Lipinski definition) is 5. The average Bonchev–Trinajstić information content (AvgIpc) is 3.17. The number of ether oxygens (including phenoxy) is 2. The number of likely N-dealkylation sites (N-methyl/N-ethyl adjacent to an activating group) is 1. The van der Waals surface area contributed by atoms with Crippen molar-refractivity contribution in [3.8, 4) is 16.9 Å². The van der Waals surface area contributed by atoms with Crippen molar-refractivity contribution >= 4 is 6.03 Å². The summed E-state index contributed by atoms with van der Waals surface area (Å²) in [5.41, 5.74) is 7.45. The molecular weight excluding hydrogens is 654 g/mol. The molecule has 1 aliphatic rings. The minimum Gasteiger partial charge on any atom is -0.508 e. The quantitative estimate of drug-likeness (QED) is 0.0896. The van der Waals surface area contributed by atoms with Crippen LogP contribution >= 0.6 is 0 Å². The Labute approximate surface area is 305 Å². The first-order valence-corrected chi connectivity index (χ1v) is 17.7. The minimum absolute atomic E-state index is 0.0207. The number of phenolic OH excluding ortho intramolecular Hbond substituents is 1. The van der Waals surface area contributed by atoms with Gasteiger partial charge in [0, 0.05) is 37.7 Å². The molecule has 1 saturated heterocycles. The molecule has 5 N–H and O–H groups in total. The van der Waals surface area contributed by atoms with E-state index >= 15 is 0 Å².